The highest BCUT2D eigenvalue weighted by atomic mass is 16.6. The normalized spacial score (nSPS) is 16.7. The molecule has 0 unspecified atom stereocenters. The van der Waals surface area contributed by atoms with Gasteiger partial charge in [0, 0.05) is 18.2 Å². The number of benzene rings is 2. The number of nitrogens with zero attached hydrogens (tertiary/aromatic N) is 2. The number of amides is 1. The van der Waals surface area contributed by atoms with Gasteiger partial charge in [0.25, 0.3) is 5.91 Å². The van der Waals surface area contributed by atoms with Crippen LogP contribution >= 0.6 is 0 Å². The largest absolute Gasteiger partial charge is 0.486 e. The smallest absolute Gasteiger partial charge is 0.273 e. The quantitative estimate of drug-likeness (QED) is 0.553. The van der Waals surface area contributed by atoms with Gasteiger partial charge in [-0.05, 0) is 61.7 Å². The first-order chi connectivity index (χ1) is 16.7. The molecule has 0 aliphatic carbocycles. The highest BCUT2D eigenvalue weighted by Crippen LogP contribution is 2.34. The zero-order chi connectivity index (χ0) is 23.3. The number of hydrogen-bond donors (Lipinski definition) is 1. The maximum atomic E-state index is 12.9. The lowest BCUT2D eigenvalue weighted by molar-refractivity contribution is 0.0915. The molecule has 2 aliphatic heterocycles. The van der Waals surface area contributed by atoms with E-state index in [0.717, 1.165) is 25.1 Å². The minimum absolute atomic E-state index is 0.138. The average molecular weight is 462 g/mol. The Morgan fingerprint density at radius 3 is 2.53 bits per heavy atom. The number of likely N-dealkylation sites (tertiary alicyclic amines) is 1. The third kappa shape index (κ3) is 4.94. The fourth-order valence-electron chi connectivity index (χ4n) is 4.66. The fourth-order valence-corrected chi connectivity index (χ4v) is 4.66. The number of fused-ring (bicyclic) bond motifs is 1. The molecule has 7 nitrogen and oxygen atoms in total. The molecule has 0 bridgehead atoms. The van der Waals surface area contributed by atoms with Crippen LogP contribution < -0.4 is 14.8 Å². The van der Waals surface area contributed by atoms with Crippen LogP contribution in [0.1, 0.15) is 53.8 Å². The van der Waals surface area contributed by atoms with E-state index in [1.165, 1.54) is 30.4 Å². The summed E-state index contributed by atoms with van der Waals surface area (Å²) in [6.07, 6.45) is 4.68. The van der Waals surface area contributed by atoms with Crippen LogP contribution in [0, 0.1) is 0 Å². The summed E-state index contributed by atoms with van der Waals surface area (Å²) < 4.78 is 16.7. The Bertz CT molecular complexity index is 1120. The third-order valence-electron chi connectivity index (χ3n) is 6.63. The fraction of sp³-hybridized carbons (Fsp3) is 0.407. The van der Waals surface area contributed by atoms with Crippen LogP contribution in [0.2, 0.25) is 0 Å². The maximum Gasteiger partial charge on any atom is 0.273 e. The number of hydrogen-bond acceptors (Lipinski definition) is 6. The number of aryl methyl sites for hydroxylation is 1. The monoisotopic (exact) mass is 461 g/mol. The number of carbonyl (C=O) groups excluding carboxylic acids is 1. The van der Waals surface area contributed by atoms with E-state index < -0.39 is 0 Å². The SMILES string of the molecule is CCc1ccc([C@@H](CNC(=O)c2cc(-c3ccc4c(c3)OCCO4)on2)N2CCCCC2)cc1. The van der Waals surface area contributed by atoms with Crippen LogP contribution in [0.3, 0.4) is 0 Å². The van der Waals surface area contributed by atoms with Crippen molar-refractivity contribution in [3.05, 3.63) is 65.4 Å². The van der Waals surface area contributed by atoms with Crippen LogP contribution in [0.5, 0.6) is 11.5 Å². The van der Waals surface area contributed by atoms with E-state index >= 15 is 0 Å². The summed E-state index contributed by atoms with van der Waals surface area (Å²) in [6.45, 7) is 5.84. The Morgan fingerprint density at radius 1 is 1.00 bits per heavy atom. The Kier molecular flexibility index (Phi) is 6.81. The van der Waals surface area contributed by atoms with Crippen molar-refractivity contribution in [1.29, 1.82) is 0 Å². The van der Waals surface area contributed by atoms with E-state index in [1.54, 1.807) is 6.07 Å². The Morgan fingerprint density at radius 2 is 1.76 bits per heavy atom. The standard InChI is InChI=1S/C27H31N3O4/c1-2-19-6-8-20(9-7-19)23(30-12-4-3-5-13-30)18-28-27(31)22-17-25(34-29-22)21-10-11-24-26(16-21)33-15-14-32-24/h6-11,16-17,23H,2-5,12-15,18H2,1H3,(H,28,31)/t23-/m1/s1. The van der Waals surface area contributed by atoms with Crippen LogP contribution in [0.4, 0.5) is 0 Å². The Labute approximate surface area is 200 Å². The first-order valence-electron chi connectivity index (χ1n) is 12.2. The predicted molar refractivity (Wildman–Crippen MR) is 129 cm³/mol. The summed E-state index contributed by atoms with van der Waals surface area (Å²) in [4.78, 5) is 15.4. The number of ether oxygens (including phenoxy) is 2. The van der Waals surface area contributed by atoms with E-state index in [0.29, 0.717) is 37.0 Å². The molecular weight excluding hydrogens is 430 g/mol. The number of rotatable bonds is 7. The second kappa shape index (κ2) is 10.3. The lowest BCUT2D eigenvalue weighted by Gasteiger charge is -2.35. The van der Waals surface area contributed by atoms with Crippen molar-refractivity contribution in [2.75, 3.05) is 32.8 Å². The zero-order valence-corrected chi connectivity index (χ0v) is 19.6. The highest BCUT2D eigenvalue weighted by molar-refractivity contribution is 5.93. The molecule has 1 amide bonds. The molecular formula is C27H31N3O4. The number of piperidine rings is 1. The lowest BCUT2D eigenvalue weighted by Crippen LogP contribution is -2.40. The summed E-state index contributed by atoms with van der Waals surface area (Å²) in [5, 5.41) is 7.11. The van der Waals surface area contributed by atoms with Gasteiger partial charge in [0.05, 0.1) is 6.04 Å². The van der Waals surface area contributed by atoms with Crippen molar-refractivity contribution in [3.63, 3.8) is 0 Å². The summed E-state index contributed by atoms with van der Waals surface area (Å²) in [7, 11) is 0. The average Bonchev–Trinajstić information content (AvgIpc) is 3.40. The third-order valence-corrected chi connectivity index (χ3v) is 6.63. The first-order valence-corrected chi connectivity index (χ1v) is 12.2. The van der Waals surface area contributed by atoms with Crippen LogP contribution in [-0.4, -0.2) is 48.8 Å². The predicted octanol–water partition coefficient (Wildman–Crippen LogP) is 4.63. The second-order valence-corrected chi connectivity index (χ2v) is 8.85. The van der Waals surface area contributed by atoms with Crippen molar-refractivity contribution in [3.8, 4) is 22.8 Å². The van der Waals surface area contributed by atoms with E-state index in [-0.39, 0.29) is 17.6 Å². The number of aromatic nitrogens is 1. The van der Waals surface area contributed by atoms with Gasteiger partial charge >= 0.3 is 0 Å². The maximum absolute atomic E-state index is 12.9. The van der Waals surface area contributed by atoms with Gasteiger partial charge in [0.15, 0.2) is 23.0 Å². The van der Waals surface area contributed by atoms with Gasteiger partial charge in [-0.25, -0.2) is 0 Å². The number of nitrogens with one attached hydrogen (secondary N) is 1. The van der Waals surface area contributed by atoms with Gasteiger partial charge in [-0.1, -0.05) is 42.8 Å². The van der Waals surface area contributed by atoms with Crippen LogP contribution in [0.25, 0.3) is 11.3 Å². The second-order valence-electron chi connectivity index (χ2n) is 8.85. The van der Waals surface area contributed by atoms with Crippen LogP contribution in [0.15, 0.2) is 53.1 Å². The molecule has 2 aliphatic rings. The van der Waals surface area contributed by atoms with Crippen molar-refractivity contribution >= 4 is 5.91 Å². The van der Waals surface area contributed by atoms with Crippen molar-refractivity contribution < 1.29 is 18.8 Å². The molecule has 34 heavy (non-hydrogen) atoms. The molecule has 0 radical (unpaired) electrons. The van der Waals surface area contributed by atoms with Crippen molar-refractivity contribution in [2.24, 2.45) is 0 Å². The summed E-state index contributed by atoms with van der Waals surface area (Å²) >= 11 is 0. The molecule has 3 heterocycles. The first kappa shape index (κ1) is 22.5. The van der Waals surface area contributed by atoms with Gasteiger partial charge < -0.3 is 19.3 Å². The van der Waals surface area contributed by atoms with E-state index in [4.69, 9.17) is 14.0 Å². The molecule has 1 N–H and O–H groups in total. The highest BCUT2D eigenvalue weighted by Gasteiger charge is 2.24. The number of carbonyl (C=O) groups is 1. The Hall–Kier alpha value is -3.32. The Balaban J connectivity index is 1.28. The van der Waals surface area contributed by atoms with E-state index in [9.17, 15) is 4.79 Å². The minimum atomic E-state index is -0.236. The van der Waals surface area contributed by atoms with Crippen molar-refractivity contribution in [1.82, 2.24) is 15.4 Å². The molecule has 3 aromatic rings. The summed E-state index contributed by atoms with van der Waals surface area (Å²) in [5.41, 5.74) is 3.61. The molecule has 0 spiro atoms. The van der Waals surface area contributed by atoms with Gasteiger partial charge in [0.2, 0.25) is 0 Å². The van der Waals surface area contributed by atoms with Gasteiger partial charge in [0.1, 0.15) is 13.2 Å². The van der Waals surface area contributed by atoms with Gasteiger partial charge in [-0.15, -0.1) is 0 Å². The molecule has 178 valence electrons. The summed E-state index contributed by atoms with van der Waals surface area (Å²) in [5.74, 6) is 1.66. The van der Waals surface area contributed by atoms with Gasteiger partial charge in [-0.3, -0.25) is 9.69 Å². The lowest BCUT2D eigenvalue weighted by atomic mass is 9.99. The molecule has 0 saturated carbocycles. The summed E-state index contributed by atoms with van der Waals surface area (Å²) in [6, 6.07) is 16.1. The van der Waals surface area contributed by atoms with E-state index in [2.05, 4.69) is 46.6 Å². The molecule has 1 fully saturated rings. The van der Waals surface area contributed by atoms with Crippen LogP contribution in [-0.2, 0) is 6.42 Å². The molecule has 2 aromatic carbocycles. The molecule has 1 saturated heterocycles. The van der Waals surface area contributed by atoms with Crippen molar-refractivity contribution in [2.45, 2.75) is 38.6 Å². The molecule has 5 rings (SSSR count). The van der Waals surface area contributed by atoms with E-state index in [1.807, 2.05) is 18.2 Å². The molecule has 1 aromatic heterocycles. The zero-order valence-electron chi connectivity index (χ0n) is 19.6. The molecule has 1 atom stereocenters. The molecule has 7 heteroatoms. The minimum Gasteiger partial charge on any atom is -0.486 e. The topological polar surface area (TPSA) is 76.8 Å². The van der Waals surface area contributed by atoms with Gasteiger partial charge in [-0.2, -0.15) is 0 Å².